The molecular weight excluding hydrogens is 418 g/mol. The highest BCUT2D eigenvalue weighted by molar-refractivity contribution is 5.95. The molecule has 184 valence electrons. The van der Waals surface area contributed by atoms with Gasteiger partial charge in [0.2, 0.25) is 5.91 Å². The van der Waals surface area contributed by atoms with Crippen LogP contribution in [0.4, 0.5) is 5.69 Å². The molecule has 2 aliphatic heterocycles. The molecule has 2 aromatic carbocycles. The highest BCUT2D eigenvalue weighted by atomic mass is 16.2. The Labute approximate surface area is 206 Å². The Morgan fingerprint density at radius 3 is 2.21 bits per heavy atom. The van der Waals surface area contributed by atoms with E-state index in [9.17, 15) is 4.79 Å². The van der Waals surface area contributed by atoms with Gasteiger partial charge in [0.25, 0.3) is 0 Å². The van der Waals surface area contributed by atoms with Crippen LogP contribution in [0.25, 0.3) is 0 Å². The first-order valence-corrected chi connectivity index (χ1v) is 13.5. The average Bonchev–Trinajstić information content (AvgIpc) is 2.85. The zero-order valence-corrected chi connectivity index (χ0v) is 21.3. The number of hydrogen-bond donors (Lipinski definition) is 0. The van der Waals surface area contributed by atoms with E-state index in [1.807, 2.05) is 13.8 Å². The molecule has 0 bridgehead atoms. The summed E-state index contributed by atoms with van der Waals surface area (Å²) in [6.07, 6.45) is 8.60. The van der Waals surface area contributed by atoms with E-state index in [0.29, 0.717) is 6.04 Å². The van der Waals surface area contributed by atoms with Crippen LogP contribution in [0.5, 0.6) is 0 Å². The Hall–Kier alpha value is -2.17. The maximum absolute atomic E-state index is 13.2. The lowest BCUT2D eigenvalue weighted by molar-refractivity contribution is -0.121. The molecule has 34 heavy (non-hydrogen) atoms. The molecule has 4 rings (SSSR count). The number of benzene rings is 2. The summed E-state index contributed by atoms with van der Waals surface area (Å²) in [6, 6.07) is 20.1. The van der Waals surface area contributed by atoms with Gasteiger partial charge in [-0.1, -0.05) is 81.6 Å². The highest BCUT2D eigenvalue weighted by Gasteiger charge is 2.27. The molecule has 1 saturated heterocycles. The zero-order valence-electron chi connectivity index (χ0n) is 21.3. The Balaban J connectivity index is 1.48. The average molecular weight is 462 g/mol. The second-order valence-electron chi connectivity index (χ2n) is 10.5. The smallest absolute Gasteiger partial charge is 0.229 e. The van der Waals surface area contributed by atoms with Gasteiger partial charge < -0.3 is 4.90 Å². The van der Waals surface area contributed by atoms with E-state index in [4.69, 9.17) is 0 Å². The fourth-order valence-corrected chi connectivity index (χ4v) is 5.58. The van der Waals surface area contributed by atoms with Crippen molar-refractivity contribution in [2.24, 2.45) is 5.92 Å². The summed E-state index contributed by atoms with van der Waals surface area (Å²) in [7, 11) is 0. The fourth-order valence-electron chi connectivity index (χ4n) is 5.58. The predicted molar refractivity (Wildman–Crippen MR) is 142 cm³/mol. The standard InChI is InChI=1S/C30H43N3O/c1-25(2)30(34)33-20-12-5-3-4-11-19-32(24-27-15-9-10-16-29(27)33)28-17-21-31(22-18-28)23-26-13-7-6-8-14-26/h6-10,13-16,25,28H,3-5,11-12,17-24H2,1-2H3. The largest absolute Gasteiger partial charge is 0.312 e. The lowest BCUT2D eigenvalue weighted by Crippen LogP contribution is -2.45. The molecule has 0 unspecified atom stereocenters. The van der Waals surface area contributed by atoms with Crippen molar-refractivity contribution >= 4 is 11.6 Å². The lowest BCUT2D eigenvalue weighted by Gasteiger charge is -2.39. The topological polar surface area (TPSA) is 26.8 Å². The summed E-state index contributed by atoms with van der Waals surface area (Å²) >= 11 is 0. The van der Waals surface area contributed by atoms with Gasteiger partial charge >= 0.3 is 0 Å². The number of piperidine rings is 1. The zero-order chi connectivity index (χ0) is 23.8. The van der Waals surface area contributed by atoms with Crippen molar-refractivity contribution in [1.29, 1.82) is 0 Å². The number of amides is 1. The molecule has 0 spiro atoms. The Morgan fingerprint density at radius 1 is 0.824 bits per heavy atom. The molecule has 0 aromatic heterocycles. The van der Waals surface area contributed by atoms with Gasteiger partial charge in [-0.3, -0.25) is 14.6 Å². The van der Waals surface area contributed by atoms with Gasteiger partial charge in [0, 0.05) is 37.3 Å². The van der Waals surface area contributed by atoms with Gasteiger partial charge in [-0.05, 0) is 62.5 Å². The molecule has 4 nitrogen and oxygen atoms in total. The molecule has 0 radical (unpaired) electrons. The van der Waals surface area contributed by atoms with E-state index < -0.39 is 0 Å². The van der Waals surface area contributed by atoms with E-state index in [2.05, 4.69) is 69.3 Å². The van der Waals surface area contributed by atoms with Gasteiger partial charge in [-0.2, -0.15) is 0 Å². The maximum atomic E-state index is 13.2. The molecule has 2 aliphatic rings. The molecule has 0 saturated carbocycles. The van der Waals surface area contributed by atoms with Crippen LogP contribution in [0, 0.1) is 5.92 Å². The fraction of sp³-hybridized carbons (Fsp3) is 0.567. The van der Waals surface area contributed by atoms with Crippen LogP contribution in [0.2, 0.25) is 0 Å². The molecule has 2 aromatic rings. The number of nitrogens with zero attached hydrogens (tertiary/aromatic N) is 3. The number of hydrogen-bond acceptors (Lipinski definition) is 3. The number of para-hydroxylation sites is 1. The molecule has 0 aliphatic carbocycles. The van der Waals surface area contributed by atoms with Crippen LogP contribution in [0.3, 0.4) is 0 Å². The summed E-state index contributed by atoms with van der Waals surface area (Å²) in [5.74, 6) is 0.274. The van der Waals surface area contributed by atoms with Gasteiger partial charge in [0.1, 0.15) is 0 Å². The third-order valence-electron chi connectivity index (χ3n) is 7.57. The first-order valence-electron chi connectivity index (χ1n) is 13.5. The third kappa shape index (κ3) is 6.70. The minimum absolute atomic E-state index is 0.0195. The maximum Gasteiger partial charge on any atom is 0.229 e. The second-order valence-corrected chi connectivity index (χ2v) is 10.5. The monoisotopic (exact) mass is 461 g/mol. The first-order chi connectivity index (χ1) is 16.6. The summed E-state index contributed by atoms with van der Waals surface area (Å²) in [6.45, 7) is 10.4. The van der Waals surface area contributed by atoms with Crippen LogP contribution in [-0.2, 0) is 17.9 Å². The second kappa shape index (κ2) is 12.5. The summed E-state index contributed by atoms with van der Waals surface area (Å²) in [5, 5.41) is 0. The van der Waals surface area contributed by atoms with E-state index in [-0.39, 0.29) is 11.8 Å². The third-order valence-corrected chi connectivity index (χ3v) is 7.57. The minimum Gasteiger partial charge on any atom is -0.312 e. The van der Waals surface area contributed by atoms with Crippen molar-refractivity contribution in [3.8, 4) is 0 Å². The number of rotatable bonds is 4. The van der Waals surface area contributed by atoms with Gasteiger partial charge in [-0.15, -0.1) is 0 Å². The lowest BCUT2D eigenvalue weighted by atomic mass is 9.99. The van der Waals surface area contributed by atoms with Crippen LogP contribution in [-0.4, -0.2) is 47.9 Å². The van der Waals surface area contributed by atoms with Crippen molar-refractivity contribution in [1.82, 2.24) is 9.80 Å². The predicted octanol–water partition coefficient (Wildman–Crippen LogP) is 6.11. The van der Waals surface area contributed by atoms with Crippen molar-refractivity contribution in [3.63, 3.8) is 0 Å². The summed E-state index contributed by atoms with van der Waals surface area (Å²) in [5.41, 5.74) is 3.85. The van der Waals surface area contributed by atoms with E-state index in [0.717, 1.165) is 51.4 Å². The van der Waals surface area contributed by atoms with Crippen LogP contribution < -0.4 is 4.90 Å². The Kier molecular flexibility index (Phi) is 9.18. The van der Waals surface area contributed by atoms with E-state index in [1.165, 1.54) is 49.7 Å². The molecular formula is C30H43N3O. The SMILES string of the molecule is CC(C)C(=O)N1CCCCCCCN(C2CCN(Cc3ccccc3)CC2)Cc2ccccc21. The Morgan fingerprint density at radius 2 is 1.47 bits per heavy atom. The number of fused-ring (bicyclic) bond motifs is 1. The van der Waals surface area contributed by atoms with E-state index in [1.54, 1.807) is 0 Å². The Bertz CT molecular complexity index is 889. The molecule has 4 heteroatoms. The van der Waals surface area contributed by atoms with Crippen LogP contribution >= 0.6 is 0 Å². The van der Waals surface area contributed by atoms with Crippen LogP contribution in [0.15, 0.2) is 54.6 Å². The quantitative estimate of drug-likeness (QED) is 0.550. The summed E-state index contributed by atoms with van der Waals surface area (Å²) in [4.78, 5) is 20.6. The highest BCUT2D eigenvalue weighted by Crippen LogP contribution is 2.28. The van der Waals surface area contributed by atoms with Crippen molar-refractivity contribution < 1.29 is 4.79 Å². The minimum atomic E-state index is 0.0195. The van der Waals surface area contributed by atoms with Crippen molar-refractivity contribution in [2.75, 3.05) is 31.1 Å². The number of anilines is 1. The van der Waals surface area contributed by atoms with Crippen molar-refractivity contribution in [3.05, 3.63) is 65.7 Å². The number of carbonyl (C=O) groups is 1. The van der Waals surface area contributed by atoms with Gasteiger partial charge in [-0.25, -0.2) is 0 Å². The number of carbonyl (C=O) groups excluding carboxylic acids is 1. The van der Waals surface area contributed by atoms with Crippen LogP contribution in [0.1, 0.15) is 69.9 Å². The molecule has 1 fully saturated rings. The molecule has 1 amide bonds. The van der Waals surface area contributed by atoms with Gasteiger partial charge in [0.15, 0.2) is 0 Å². The summed E-state index contributed by atoms with van der Waals surface area (Å²) < 4.78 is 0. The molecule has 0 N–H and O–H groups in total. The first kappa shape index (κ1) is 24.9. The van der Waals surface area contributed by atoms with Gasteiger partial charge in [0.05, 0.1) is 0 Å². The normalized spacial score (nSPS) is 19.9. The molecule has 2 heterocycles. The van der Waals surface area contributed by atoms with Crippen molar-refractivity contribution in [2.45, 2.75) is 77.9 Å². The molecule has 0 atom stereocenters. The van der Waals surface area contributed by atoms with E-state index >= 15 is 0 Å². The number of likely N-dealkylation sites (tertiary alicyclic amines) is 1.